The van der Waals surface area contributed by atoms with Crippen LogP contribution in [-0.2, 0) is 0 Å². The van der Waals surface area contributed by atoms with Crippen molar-refractivity contribution in [3.05, 3.63) is 36.3 Å². The second-order valence-electron chi connectivity index (χ2n) is 3.69. The van der Waals surface area contributed by atoms with E-state index in [9.17, 15) is 0 Å². The molecule has 0 aliphatic heterocycles. The number of rotatable bonds is 2. The third-order valence-corrected chi connectivity index (χ3v) is 2.25. The fraction of sp³-hybridized carbons (Fsp3) is 0.273. The van der Waals surface area contributed by atoms with Gasteiger partial charge in [0.1, 0.15) is 18.2 Å². The molecule has 0 atom stereocenters. The van der Waals surface area contributed by atoms with E-state index in [1.165, 1.54) is 6.33 Å². The van der Waals surface area contributed by atoms with E-state index in [2.05, 4.69) is 28.8 Å². The highest BCUT2D eigenvalue weighted by Gasteiger charge is 2.07. The van der Waals surface area contributed by atoms with Crippen LogP contribution in [0.5, 0.6) is 0 Å². The molecule has 0 saturated carbocycles. The van der Waals surface area contributed by atoms with Crippen LogP contribution in [0, 0.1) is 11.3 Å². The topological polar surface area (TPSA) is 67.4 Å². The molecule has 2 rings (SSSR count). The summed E-state index contributed by atoms with van der Waals surface area (Å²) in [5, 5.41) is 8.87. The van der Waals surface area contributed by atoms with E-state index < -0.39 is 0 Å². The predicted molar refractivity (Wildman–Crippen MR) is 58.0 cm³/mol. The van der Waals surface area contributed by atoms with Crippen LogP contribution >= 0.6 is 0 Å². The summed E-state index contributed by atoms with van der Waals surface area (Å²) in [6.07, 6.45) is 4.80. The lowest BCUT2D eigenvalue weighted by atomic mass is 10.1. The zero-order chi connectivity index (χ0) is 11.5. The molecule has 2 aromatic rings. The number of hydrogen-bond donors (Lipinski definition) is 0. The number of nitriles is 1. The van der Waals surface area contributed by atoms with Crippen molar-refractivity contribution in [1.29, 1.82) is 5.26 Å². The normalized spacial score (nSPS) is 10.4. The van der Waals surface area contributed by atoms with E-state index in [0.29, 0.717) is 17.6 Å². The zero-order valence-corrected chi connectivity index (χ0v) is 9.12. The molecule has 5 heteroatoms. The summed E-state index contributed by atoms with van der Waals surface area (Å²) in [5.74, 6) is 1.33. The van der Waals surface area contributed by atoms with Crippen molar-refractivity contribution < 1.29 is 0 Å². The molecule has 0 radical (unpaired) electrons. The Morgan fingerprint density at radius 3 is 2.81 bits per heavy atom. The van der Waals surface area contributed by atoms with Gasteiger partial charge in [-0.3, -0.25) is 4.57 Å². The van der Waals surface area contributed by atoms with Gasteiger partial charge in [0.05, 0.1) is 0 Å². The number of imidazole rings is 1. The highest BCUT2D eigenvalue weighted by atomic mass is 15.1. The van der Waals surface area contributed by atoms with Crippen molar-refractivity contribution in [1.82, 2.24) is 19.5 Å². The SMILES string of the molecule is CC(C)c1cc(-n2ccnc2C#N)ncn1. The minimum atomic E-state index is 0.327. The standard InChI is InChI=1S/C11H11N5/c1-8(2)9-5-10(15-7-14-9)16-4-3-13-11(16)6-12/h3-5,7-8H,1-2H3. The molecule has 2 aromatic heterocycles. The fourth-order valence-corrected chi connectivity index (χ4v) is 1.38. The maximum absolute atomic E-state index is 8.87. The van der Waals surface area contributed by atoms with Crippen molar-refractivity contribution in [2.45, 2.75) is 19.8 Å². The molecule has 0 bridgehead atoms. The van der Waals surface area contributed by atoms with Crippen LogP contribution in [0.3, 0.4) is 0 Å². The Hall–Kier alpha value is -2.22. The Balaban J connectivity index is 2.49. The van der Waals surface area contributed by atoms with Crippen LogP contribution < -0.4 is 0 Å². The molecule has 5 nitrogen and oxygen atoms in total. The number of hydrogen-bond acceptors (Lipinski definition) is 4. The van der Waals surface area contributed by atoms with Crippen LogP contribution in [0.15, 0.2) is 24.8 Å². The maximum Gasteiger partial charge on any atom is 0.218 e. The van der Waals surface area contributed by atoms with Gasteiger partial charge in [-0.05, 0) is 5.92 Å². The molecular formula is C11H11N5. The highest BCUT2D eigenvalue weighted by Crippen LogP contribution is 2.14. The van der Waals surface area contributed by atoms with Gasteiger partial charge in [0.15, 0.2) is 0 Å². The quantitative estimate of drug-likeness (QED) is 0.760. The summed E-state index contributed by atoms with van der Waals surface area (Å²) < 4.78 is 1.65. The number of aromatic nitrogens is 4. The second-order valence-corrected chi connectivity index (χ2v) is 3.69. The van der Waals surface area contributed by atoms with Gasteiger partial charge in [-0.25, -0.2) is 15.0 Å². The largest absolute Gasteiger partial charge is 0.275 e. The van der Waals surface area contributed by atoms with E-state index in [-0.39, 0.29) is 0 Å². The van der Waals surface area contributed by atoms with Crippen LogP contribution in [0.2, 0.25) is 0 Å². The lowest BCUT2D eigenvalue weighted by Crippen LogP contribution is -2.02. The van der Waals surface area contributed by atoms with Crippen molar-refractivity contribution in [3.8, 4) is 11.9 Å². The third-order valence-electron chi connectivity index (χ3n) is 2.25. The summed E-state index contributed by atoms with van der Waals surface area (Å²) in [6, 6.07) is 3.88. The molecular weight excluding hydrogens is 202 g/mol. The Morgan fingerprint density at radius 1 is 1.31 bits per heavy atom. The molecule has 0 spiro atoms. The first kappa shape index (κ1) is 10.3. The van der Waals surface area contributed by atoms with Crippen molar-refractivity contribution in [2.24, 2.45) is 0 Å². The highest BCUT2D eigenvalue weighted by molar-refractivity contribution is 5.30. The van der Waals surface area contributed by atoms with Gasteiger partial charge in [0.2, 0.25) is 5.82 Å². The molecule has 0 saturated heterocycles. The minimum Gasteiger partial charge on any atom is -0.275 e. The summed E-state index contributed by atoms with van der Waals surface area (Å²) in [6.45, 7) is 4.12. The predicted octanol–water partition coefficient (Wildman–Crippen LogP) is 1.66. The van der Waals surface area contributed by atoms with Gasteiger partial charge >= 0.3 is 0 Å². The average Bonchev–Trinajstić information content (AvgIpc) is 2.77. The minimum absolute atomic E-state index is 0.327. The van der Waals surface area contributed by atoms with Crippen LogP contribution in [0.1, 0.15) is 31.3 Å². The Kier molecular flexibility index (Phi) is 2.64. The van der Waals surface area contributed by atoms with Gasteiger partial charge in [0.25, 0.3) is 0 Å². The van der Waals surface area contributed by atoms with E-state index >= 15 is 0 Å². The van der Waals surface area contributed by atoms with Crippen LogP contribution in [0.4, 0.5) is 0 Å². The summed E-state index contributed by atoms with van der Waals surface area (Å²) in [4.78, 5) is 12.2. The maximum atomic E-state index is 8.87. The first-order chi connectivity index (χ1) is 7.72. The molecule has 80 valence electrons. The van der Waals surface area contributed by atoms with Crippen molar-refractivity contribution in [3.63, 3.8) is 0 Å². The molecule has 2 heterocycles. The van der Waals surface area contributed by atoms with Crippen LogP contribution in [-0.4, -0.2) is 19.5 Å². The van der Waals surface area contributed by atoms with E-state index in [0.717, 1.165) is 5.69 Å². The van der Waals surface area contributed by atoms with Crippen LogP contribution in [0.25, 0.3) is 5.82 Å². The van der Waals surface area contributed by atoms with Gasteiger partial charge in [0, 0.05) is 24.2 Å². The molecule has 0 amide bonds. The molecule has 0 aliphatic carbocycles. The molecule has 0 N–H and O–H groups in total. The second kappa shape index (κ2) is 4.11. The van der Waals surface area contributed by atoms with Gasteiger partial charge in [-0.2, -0.15) is 5.26 Å². The van der Waals surface area contributed by atoms with Crippen molar-refractivity contribution >= 4 is 0 Å². The summed E-state index contributed by atoms with van der Waals surface area (Å²) >= 11 is 0. The van der Waals surface area contributed by atoms with Crippen molar-refractivity contribution in [2.75, 3.05) is 0 Å². The first-order valence-corrected chi connectivity index (χ1v) is 4.98. The third kappa shape index (κ3) is 1.77. The zero-order valence-electron chi connectivity index (χ0n) is 9.12. The lowest BCUT2D eigenvalue weighted by molar-refractivity contribution is 0.803. The molecule has 0 aromatic carbocycles. The Morgan fingerprint density at radius 2 is 2.12 bits per heavy atom. The van der Waals surface area contributed by atoms with Gasteiger partial charge in [-0.15, -0.1) is 0 Å². The van der Waals surface area contributed by atoms with Gasteiger partial charge in [-0.1, -0.05) is 13.8 Å². The van der Waals surface area contributed by atoms with E-state index in [4.69, 9.17) is 5.26 Å². The smallest absolute Gasteiger partial charge is 0.218 e. The average molecular weight is 213 g/mol. The monoisotopic (exact) mass is 213 g/mol. The summed E-state index contributed by atoms with van der Waals surface area (Å²) in [7, 11) is 0. The molecule has 0 aliphatic rings. The first-order valence-electron chi connectivity index (χ1n) is 4.98. The number of nitrogens with zero attached hydrogens (tertiary/aromatic N) is 5. The Bertz CT molecular complexity index is 535. The summed E-state index contributed by atoms with van der Waals surface area (Å²) in [5.41, 5.74) is 0.947. The fourth-order valence-electron chi connectivity index (χ4n) is 1.38. The Labute approximate surface area is 93.4 Å². The lowest BCUT2D eigenvalue weighted by Gasteiger charge is -2.06. The molecule has 0 unspecified atom stereocenters. The van der Waals surface area contributed by atoms with E-state index in [1.54, 1.807) is 17.0 Å². The van der Waals surface area contributed by atoms with E-state index in [1.807, 2.05) is 12.1 Å². The van der Waals surface area contributed by atoms with Gasteiger partial charge < -0.3 is 0 Å². The molecule has 0 fully saturated rings. The molecule has 16 heavy (non-hydrogen) atoms.